The monoisotopic (exact) mass is 181 g/mol. The van der Waals surface area contributed by atoms with E-state index >= 15 is 0 Å². The Balaban J connectivity index is 4.04. The van der Waals surface area contributed by atoms with Crippen LogP contribution in [0.3, 0.4) is 0 Å². The molecule has 0 aromatic heterocycles. The fraction of sp³-hybridized carbons (Fsp3) is 0.833. The highest BCUT2D eigenvalue weighted by Gasteiger charge is 2.16. The van der Waals surface area contributed by atoms with Crippen LogP contribution in [0.2, 0.25) is 0 Å². The summed E-state index contributed by atoms with van der Waals surface area (Å²) in [4.78, 5) is 0. The van der Waals surface area contributed by atoms with Crippen molar-refractivity contribution in [1.82, 2.24) is 5.32 Å². The molecule has 0 aromatic rings. The van der Waals surface area contributed by atoms with Gasteiger partial charge in [-0.1, -0.05) is 27.2 Å². The quantitative estimate of drug-likeness (QED) is 0.621. The molecule has 13 heavy (non-hydrogen) atoms. The maximum absolute atomic E-state index is 5.53. The van der Waals surface area contributed by atoms with E-state index in [2.05, 4.69) is 32.0 Å². The number of hydrogen-bond acceptors (Lipinski definition) is 1. The first kappa shape index (κ1) is 12.5. The Morgan fingerprint density at radius 3 is 2.23 bits per heavy atom. The number of nitrogens with one attached hydrogen (secondary N) is 1. The van der Waals surface area contributed by atoms with Crippen molar-refractivity contribution in [1.29, 1.82) is 0 Å². The maximum Gasteiger partial charge on any atom is 0.0240 e. The summed E-state index contributed by atoms with van der Waals surface area (Å²) in [7, 11) is 2.01. The standard InChI is InChI=1S/C12H23N/c1-6-10(4)11(7-2)9-12(8-3)13-5/h2,10-13H,6,8-9H2,1,3-5H3/t10-,11-,12+/m1/s1. The van der Waals surface area contributed by atoms with Crippen molar-refractivity contribution in [3.8, 4) is 12.3 Å². The molecule has 0 aromatic carbocycles. The van der Waals surface area contributed by atoms with Gasteiger partial charge in [-0.2, -0.15) is 0 Å². The number of hydrogen-bond donors (Lipinski definition) is 1. The summed E-state index contributed by atoms with van der Waals surface area (Å²) < 4.78 is 0. The molecule has 0 aliphatic rings. The lowest BCUT2D eigenvalue weighted by molar-refractivity contribution is 0.352. The lowest BCUT2D eigenvalue weighted by Gasteiger charge is -2.22. The predicted molar refractivity (Wildman–Crippen MR) is 59.5 cm³/mol. The van der Waals surface area contributed by atoms with Gasteiger partial charge in [0.05, 0.1) is 0 Å². The van der Waals surface area contributed by atoms with Gasteiger partial charge >= 0.3 is 0 Å². The molecule has 0 spiro atoms. The van der Waals surface area contributed by atoms with Gasteiger partial charge in [0.2, 0.25) is 0 Å². The van der Waals surface area contributed by atoms with Crippen LogP contribution in [0.4, 0.5) is 0 Å². The van der Waals surface area contributed by atoms with Crippen LogP contribution in [-0.2, 0) is 0 Å². The van der Waals surface area contributed by atoms with E-state index in [1.807, 2.05) is 7.05 Å². The van der Waals surface area contributed by atoms with Crippen LogP contribution in [-0.4, -0.2) is 13.1 Å². The Morgan fingerprint density at radius 1 is 1.31 bits per heavy atom. The molecule has 0 rings (SSSR count). The third-order valence-electron chi connectivity index (χ3n) is 2.98. The Bertz CT molecular complexity index is 153. The molecule has 0 heterocycles. The van der Waals surface area contributed by atoms with Gasteiger partial charge in [0, 0.05) is 12.0 Å². The zero-order chi connectivity index (χ0) is 10.3. The largest absolute Gasteiger partial charge is 0.317 e. The molecule has 0 saturated heterocycles. The highest BCUT2D eigenvalue weighted by molar-refractivity contribution is 4.96. The Kier molecular flexibility index (Phi) is 6.72. The highest BCUT2D eigenvalue weighted by Crippen LogP contribution is 2.20. The van der Waals surface area contributed by atoms with Gasteiger partial charge in [-0.25, -0.2) is 0 Å². The van der Waals surface area contributed by atoms with Crippen molar-refractivity contribution >= 4 is 0 Å². The van der Waals surface area contributed by atoms with E-state index in [9.17, 15) is 0 Å². The molecule has 0 fully saturated rings. The van der Waals surface area contributed by atoms with E-state index in [0.29, 0.717) is 17.9 Å². The lowest BCUT2D eigenvalue weighted by atomic mass is 9.86. The Hall–Kier alpha value is -0.480. The topological polar surface area (TPSA) is 12.0 Å². The highest BCUT2D eigenvalue weighted by atomic mass is 14.9. The van der Waals surface area contributed by atoms with Crippen LogP contribution in [0, 0.1) is 24.2 Å². The SMILES string of the molecule is C#C[C@H](C[C@H](CC)NC)[C@H](C)CC. The van der Waals surface area contributed by atoms with Crippen molar-refractivity contribution < 1.29 is 0 Å². The number of terminal acetylenes is 1. The van der Waals surface area contributed by atoms with Crippen molar-refractivity contribution in [3.05, 3.63) is 0 Å². The summed E-state index contributed by atoms with van der Waals surface area (Å²) in [6, 6.07) is 0.579. The first-order valence-electron chi connectivity index (χ1n) is 5.32. The van der Waals surface area contributed by atoms with Gasteiger partial charge in [-0.3, -0.25) is 0 Å². The van der Waals surface area contributed by atoms with Crippen molar-refractivity contribution in [3.63, 3.8) is 0 Å². The first-order chi connectivity index (χ1) is 6.19. The van der Waals surface area contributed by atoms with Gasteiger partial charge in [-0.15, -0.1) is 12.3 Å². The maximum atomic E-state index is 5.53. The average Bonchev–Trinajstić information content (AvgIpc) is 2.19. The Labute approximate surface area is 83.3 Å². The van der Waals surface area contributed by atoms with Crippen molar-refractivity contribution in [2.75, 3.05) is 7.05 Å². The molecule has 0 aliphatic heterocycles. The van der Waals surface area contributed by atoms with Gasteiger partial charge < -0.3 is 5.32 Å². The summed E-state index contributed by atoms with van der Waals surface area (Å²) in [5.41, 5.74) is 0. The second-order valence-corrected chi connectivity index (χ2v) is 3.79. The fourth-order valence-corrected chi connectivity index (χ4v) is 1.54. The fourth-order valence-electron chi connectivity index (χ4n) is 1.54. The van der Waals surface area contributed by atoms with Gasteiger partial charge in [-0.05, 0) is 25.8 Å². The lowest BCUT2D eigenvalue weighted by Crippen LogP contribution is -2.28. The van der Waals surface area contributed by atoms with E-state index in [4.69, 9.17) is 6.42 Å². The smallest absolute Gasteiger partial charge is 0.0240 e. The molecule has 76 valence electrons. The molecule has 1 N–H and O–H groups in total. The molecular weight excluding hydrogens is 158 g/mol. The minimum absolute atomic E-state index is 0.433. The predicted octanol–water partition coefficient (Wildman–Crippen LogP) is 2.67. The third-order valence-corrected chi connectivity index (χ3v) is 2.98. The zero-order valence-corrected chi connectivity index (χ0v) is 9.43. The molecule has 0 aliphatic carbocycles. The van der Waals surface area contributed by atoms with Crippen LogP contribution < -0.4 is 5.32 Å². The van der Waals surface area contributed by atoms with Crippen LogP contribution in [0.5, 0.6) is 0 Å². The average molecular weight is 181 g/mol. The minimum atomic E-state index is 0.433. The van der Waals surface area contributed by atoms with Crippen LogP contribution in [0.15, 0.2) is 0 Å². The number of rotatable bonds is 6. The second kappa shape index (κ2) is 6.97. The normalized spacial score (nSPS) is 17.5. The van der Waals surface area contributed by atoms with E-state index in [1.54, 1.807) is 0 Å². The van der Waals surface area contributed by atoms with E-state index in [0.717, 1.165) is 12.8 Å². The summed E-state index contributed by atoms with van der Waals surface area (Å²) in [6.07, 6.45) is 8.97. The molecule has 3 atom stereocenters. The van der Waals surface area contributed by atoms with Crippen molar-refractivity contribution in [2.24, 2.45) is 11.8 Å². The van der Waals surface area contributed by atoms with Crippen LogP contribution >= 0.6 is 0 Å². The first-order valence-corrected chi connectivity index (χ1v) is 5.32. The van der Waals surface area contributed by atoms with Gasteiger partial charge in [0.1, 0.15) is 0 Å². The molecule has 0 saturated carbocycles. The summed E-state index contributed by atoms with van der Waals surface area (Å²) >= 11 is 0. The van der Waals surface area contributed by atoms with Crippen molar-refractivity contribution in [2.45, 2.75) is 46.1 Å². The van der Waals surface area contributed by atoms with Gasteiger partial charge in [0.15, 0.2) is 0 Å². The molecule has 0 radical (unpaired) electrons. The summed E-state index contributed by atoms with van der Waals surface area (Å²) in [6.45, 7) is 6.65. The van der Waals surface area contributed by atoms with Crippen LogP contribution in [0.25, 0.3) is 0 Å². The molecule has 1 heteroatoms. The summed E-state index contributed by atoms with van der Waals surface area (Å²) in [5, 5.41) is 3.30. The second-order valence-electron chi connectivity index (χ2n) is 3.79. The van der Waals surface area contributed by atoms with E-state index in [1.165, 1.54) is 6.42 Å². The zero-order valence-electron chi connectivity index (χ0n) is 9.43. The van der Waals surface area contributed by atoms with Gasteiger partial charge in [0.25, 0.3) is 0 Å². The van der Waals surface area contributed by atoms with Crippen LogP contribution in [0.1, 0.15) is 40.0 Å². The molecule has 1 nitrogen and oxygen atoms in total. The molecule has 0 amide bonds. The molecular formula is C12H23N. The van der Waals surface area contributed by atoms with E-state index in [-0.39, 0.29) is 0 Å². The molecule has 0 unspecified atom stereocenters. The minimum Gasteiger partial charge on any atom is -0.317 e. The molecule has 0 bridgehead atoms. The third kappa shape index (κ3) is 4.33. The Morgan fingerprint density at radius 2 is 1.92 bits per heavy atom. The summed E-state index contributed by atoms with van der Waals surface area (Å²) in [5.74, 6) is 3.99. The van der Waals surface area contributed by atoms with E-state index < -0.39 is 0 Å².